The van der Waals surface area contributed by atoms with Gasteiger partial charge < -0.3 is 0 Å². The molecular weight excluding hydrogens is 392 g/mol. The molecule has 1 unspecified atom stereocenters. The predicted molar refractivity (Wildman–Crippen MR) is 133 cm³/mol. The third kappa shape index (κ3) is 4.44. The van der Waals surface area contributed by atoms with Gasteiger partial charge in [-0.25, -0.2) is 0 Å². The van der Waals surface area contributed by atoms with Crippen LogP contribution in [0.15, 0.2) is 125 Å². The second-order valence-corrected chi connectivity index (χ2v) is 7.72. The molecule has 4 aromatic carbocycles. The van der Waals surface area contributed by atoms with E-state index in [2.05, 4.69) is 94.4 Å². The van der Waals surface area contributed by atoms with Gasteiger partial charge in [0.05, 0.1) is 29.3 Å². The van der Waals surface area contributed by atoms with Gasteiger partial charge in [0.1, 0.15) is 0 Å². The van der Waals surface area contributed by atoms with Crippen molar-refractivity contribution in [3.8, 4) is 0 Å². The van der Waals surface area contributed by atoms with E-state index in [1.807, 2.05) is 42.6 Å². The van der Waals surface area contributed by atoms with E-state index in [1.54, 1.807) is 0 Å². The lowest BCUT2D eigenvalue weighted by Crippen LogP contribution is -2.18. The SMILES string of the molecule is C(=N\Nc1ccccc1)/c1ccc(N2N=C(c3ccccc3)CC2c2ccccc2)cc1. The summed E-state index contributed by atoms with van der Waals surface area (Å²) in [5.41, 5.74) is 9.66. The molecule has 1 aliphatic rings. The van der Waals surface area contributed by atoms with E-state index in [-0.39, 0.29) is 6.04 Å². The van der Waals surface area contributed by atoms with Crippen molar-refractivity contribution in [1.82, 2.24) is 0 Å². The summed E-state index contributed by atoms with van der Waals surface area (Å²) in [4.78, 5) is 0. The Hall–Kier alpha value is -4.18. The van der Waals surface area contributed by atoms with Crippen LogP contribution in [-0.2, 0) is 0 Å². The van der Waals surface area contributed by atoms with Crippen LogP contribution in [0, 0.1) is 0 Å². The summed E-state index contributed by atoms with van der Waals surface area (Å²) in [7, 11) is 0. The molecule has 0 fully saturated rings. The van der Waals surface area contributed by atoms with Gasteiger partial charge >= 0.3 is 0 Å². The lowest BCUT2D eigenvalue weighted by Gasteiger charge is -2.24. The van der Waals surface area contributed by atoms with Crippen molar-refractivity contribution < 1.29 is 0 Å². The highest BCUT2D eigenvalue weighted by Gasteiger charge is 2.29. The van der Waals surface area contributed by atoms with E-state index in [0.29, 0.717) is 0 Å². The highest BCUT2D eigenvalue weighted by molar-refractivity contribution is 6.03. The number of nitrogens with one attached hydrogen (secondary N) is 1. The van der Waals surface area contributed by atoms with Gasteiger partial charge in [-0.3, -0.25) is 10.4 Å². The Kier molecular flexibility index (Phi) is 5.75. The minimum atomic E-state index is 0.172. The molecule has 156 valence electrons. The molecule has 0 amide bonds. The molecule has 1 aliphatic heterocycles. The lowest BCUT2D eigenvalue weighted by molar-refractivity contribution is 0.709. The number of anilines is 2. The van der Waals surface area contributed by atoms with Crippen molar-refractivity contribution in [1.29, 1.82) is 0 Å². The topological polar surface area (TPSA) is 40.0 Å². The smallest absolute Gasteiger partial charge is 0.0831 e. The van der Waals surface area contributed by atoms with Crippen molar-refractivity contribution in [2.24, 2.45) is 10.2 Å². The zero-order chi connectivity index (χ0) is 21.6. The largest absolute Gasteiger partial charge is 0.279 e. The Morgan fingerprint density at radius 1 is 0.750 bits per heavy atom. The van der Waals surface area contributed by atoms with E-state index < -0.39 is 0 Å². The maximum Gasteiger partial charge on any atom is 0.0831 e. The number of para-hydroxylation sites is 1. The maximum absolute atomic E-state index is 5.02. The van der Waals surface area contributed by atoms with Gasteiger partial charge in [-0.15, -0.1) is 0 Å². The van der Waals surface area contributed by atoms with E-state index in [9.17, 15) is 0 Å². The quantitative estimate of drug-likeness (QED) is 0.288. The predicted octanol–water partition coefficient (Wildman–Crippen LogP) is 6.49. The maximum atomic E-state index is 5.02. The van der Waals surface area contributed by atoms with Gasteiger partial charge in [-0.1, -0.05) is 91.0 Å². The van der Waals surface area contributed by atoms with Gasteiger partial charge in [0.15, 0.2) is 0 Å². The molecule has 4 nitrogen and oxygen atoms in total. The first-order valence-electron chi connectivity index (χ1n) is 10.8. The Labute approximate surface area is 188 Å². The van der Waals surface area contributed by atoms with Crippen molar-refractivity contribution in [2.75, 3.05) is 10.4 Å². The molecule has 0 saturated carbocycles. The monoisotopic (exact) mass is 416 g/mol. The summed E-state index contributed by atoms with van der Waals surface area (Å²) >= 11 is 0. The third-order valence-electron chi connectivity index (χ3n) is 5.54. The molecule has 1 atom stereocenters. The Morgan fingerprint density at radius 2 is 1.38 bits per heavy atom. The van der Waals surface area contributed by atoms with E-state index >= 15 is 0 Å². The van der Waals surface area contributed by atoms with Crippen molar-refractivity contribution in [3.05, 3.63) is 132 Å². The summed E-state index contributed by atoms with van der Waals surface area (Å²) < 4.78 is 0. The summed E-state index contributed by atoms with van der Waals surface area (Å²) in [6.45, 7) is 0. The molecule has 32 heavy (non-hydrogen) atoms. The third-order valence-corrected chi connectivity index (χ3v) is 5.54. The van der Waals surface area contributed by atoms with Gasteiger partial charge in [-0.05, 0) is 41.0 Å². The van der Waals surface area contributed by atoms with E-state index in [4.69, 9.17) is 5.10 Å². The van der Waals surface area contributed by atoms with E-state index in [1.165, 1.54) is 11.1 Å². The summed E-state index contributed by atoms with van der Waals surface area (Å²) in [5, 5.41) is 11.5. The van der Waals surface area contributed by atoms with Crippen LogP contribution >= 0.6 is 0 Å². The number of hydrazone groups is 2. The van der Waals surface area contributed by atoms with Crippen LogP contribution in [0.25, 0.3) is 0 Å². The highest BCUT2D eigenvalue weighted by Crippen LogP contribution is 2.36. The fraction of sp³-hybridized carbons (Fsp3) is 0.0714. The van der Waals surface area contributed by atoms with Crippen LogP contribution in [0.2, 0.25) is 0 Å². The van der Waals surface area contributed by atoms with Crippen LogP contribution in [0.1, 0.15) is 29.2 Å². The number of hydrogen-bond donors (Lipinski definition) is 1. The number of rotatable bonds is 6. The lowest BCUT2D eigenvalue weighted by atomic mass is 9.98. The fourth-order valence-electron chi connectivity index (χ4n) is 3.90. The van der Waals surface area contributed by atoms with Crippen LogP contribution in [0.3, 0.4) is 0 Å². The average Bonchev–Trinajstić information content (AvgIpc) is 3.32. The molecule has 1 heterocycles. The van der Waals surface area contributed by atoms with Crippen molar-refractivity contribution in [2.45, 2.75) is 12.5 Å². The van der Waals surface area contributed by atoms with Crippen LogP contribution in [0.4, 0.5) is 11.4 Å². The van der Waals surface area contributed by atoms with Crippen LogP contribution in [-0.4, -0.2) is 11.9 Å². The van der Waals surface area contributed by atoms with Crippen molar-refractivity contribution >= 4 is 23.3 Å². The molecule has 0 bridgehead atoms. The summed E-state index contributed by atoms with van der Waals surface area (Å²) in [6, 6.07) is 39.5. The standard InChI is InChI=1S/C28H24N4/c1-4-10-23(11-5-1)27-20-28(24-12-6-2-7-13-24)32(31-27)26-18-16-22(17-19-26)21-29-30-25-14-8-3-9-15-25/h1-19,21,28,30H,20H2/b29-21+. The fourth-order valence-corrected chi connectivity index (χ4v) is 3.90. The first-order chi connectivity index (χ1) is 15.9. The molecular formula is C28H24N4. The Balaban J connectivity index is 1.38. The van der Waals surface area contributed by atoms with Gasteiger partial charge in [0, 0.05) is 6.42 Å². The second-order valence-electron chi connectivity index (χ2n) is 7.72. The average molecular weight is 417 g/mol. The van der Waals surface area contributed by atoms with Gasteiger partial charge in [0.25, 0.3) is 0 Å². The molecule has 0 aromatic heterocycles. The molecule has 4 aromatic rings. The summed E-state index contributed by atoms with van der Waals surface area (Å²) in [6.07, 6.45) is 2.70. The highest BCUT2D eigenvalue weighted by atomic mass is 15.5. The molecule has 4 heteroatoms. The normalized spacial score (nSPS) is 15.7. The van der Waals surface area contributed by atoms with Gasteiger partial charge in [-0.2, -0.15) is 10.2 Å². The Bertz CT molecular complexity index is 1200. The molecule has 0 aliphatic carbocycles. The molecule has 1 N–H and O–H groups in total. The van der Waals surface area contributed by atoms with Crippen LogP contribution in [0.5, 0.6) is 0 Å². The minimum Gasteiger partial charge on any atom is -0.279 e. The second kappa shape index (κ2) is 9.31. The molecule has 0 saturated heterocycles. The first-order valence-corrected chi connectivity index (χ1v) is 10.8. The Morgan fingerprint density at radius 3 is 2.06 bits per heavy atom. The summed E-state index contributed by atoms with van der Waals surface area (Å²) in [5.74, 6) is 0. The van der Waals surface area contributed by atoms with Crippen molar-refractivity contribution in [3.63, 3.8) is 0 Å². The number of nitrogens with zero attached hydrogens (tertiary/aromatic N) is 3. The first kappa shape index (κ1) is 19.8. The van der Waals surface area contributed by atoms with E-state index in [0.717, 1.165) is 29.1 Å². The zero-order valence-electron chi connectivity index (χ0n) is 17.7. The molecule has 0 spiro atoms. The minimum absolute atomic E-state index is 0.172. The number of hydrogen-bond acceptors (Lipinski definition) is 4. The number of benzene rings is 4. The molecule has 0 radical (unpaired) electrons. The van der Waals surface area contributed by atoms with Crippen LogP contribution < -0.4 is 10.4 Å². The zero-order valence-corrected chi connectivity index (χ0v) is 17.7. The molecule has 5 rings (SSSR count). The van der Waals surface area contributed by atoms with Gasteiger partial charge in [0.2, 0.25) is 0 Å².